The maximum absolute atomic E-state index is 8.13. The van der Waals surface area contributed by atoms with E-state index in [0.29, 0.717) is 19.8 Å². The minimum atomic E-state index is 0. The molecule has 0 aromatic heterocycles. The Morgan fingerprint density at radius 2 is 2.00 bits per heavy atom. The van der Waals surface area contributed by atoms with Crippen LogP contribution in [0.2, 0.25) is 0 Å². The Labute approximate surface area is 48.6 Å². The average molecular weight is 123 g/mol. The van der Waals surface area contributed by atoms with Crippen molar-refractivity contribution in [3.05, 3.63) is 0 Å². The summed E-state index contributed by atoms with van der Waals surface area (Å²) in [4.78, 5) is 0. The van der Waals surface area contributed by atoms with Gasteiger partial charge in [-0.05, 0) is 0 Å². The quantitative estimate of drug-likeness (QED) is 0.429. The molecular formula is C4H13NO3. The van der Waals surface area contributed by atoms with Gasteiger partial charge in [-0.2, -0.15) is 0 Å². The van der Waals surface area contributed by atoms with Gasteiger partial charge in [-0.25, -0.2) is 0 Å². The summed E-state index contributed by atoms with van der Waals surface area (Å²) in [5.74, 6) is 0. The predicted octanol–water partition coefficient (Wildman–Crippen LogP) is -1.87. The molecule has 4 heteroatoms. The smallest absolute Gasteiger partial charge is 0.0698 e. The Morgan fingerprint density at radius 3 is 2.38 bits per heavy atom. The molecule has 5 N–H and O–H groups in total. The standard InChI is InChI=1S/C4H11NO2.H2O/c5-1-3-7-4-2-6;/h6H,1-5H2;1H2. The fourth-order valence-corrected chi connectivity index (χ4v) is 0.250. The van der Waals surface area contributed by atoms with E-state index in [1.165, 1.54) is 0 Å². The Morgan fingerprint density at radius 1 is 1.38 bits per heavy atom. The van der Waals surface area contributed by atoms with Crippen LogP contribution in [0.25, 0.3) is 0 Å². The second-order valence-electron chi connectivity index (χ2n) is 1.12. The lowest BCUT2D eigenvalue weighted by Gasteiger charge is -1.95. The topological polar surface area (TPSA) is 87.0 Å². The van der Waals surface area contributed by atoms with Crippen LogP contribution in [-0.4, -0.2) is 36.9 Å². The minimum Gasteiger partial charge on any atom is -0.412 e. The van der Waals surface area contributed by atoms with E-state index < -0.39 is 0 Å². The number of aliphatic hydroxyl groups is 1. The molecule has 0 unspecified atom stereocenters. The van der Waals surface area contributed by atoms with Crippen LogP contribution >= 0.6 is 0 Å². The van der Waals surface area contributed by atoms with E-state index in [0.717, 1.165) is 0 Å². The van der Waals surface area contributed by atoms with Crippen LogP contribution < -0.4 is 5.73 Å². The zero-order chi connectivity index (χ0) is 5.54. The van der Waals surface area contributed by atoms with Gasteiger partial charge in [0.2, 0.25) is 0 Å². The van der Waals surface area contributed by atoms with Crippen molar-refractivity contribution >= 4 is 0 Å². The molecule has 52 valence electrons. The summed E-state index contributed by atoms with van der Waals surface area (Å²) in [7, 11) is 0. The fourth-order valence-electron chi connectivity index (χ4n) is 0.250. The molecule has 0 aromatic carbocycles. The van der Waals surface area contributed by atoms with E-state index in [9.17, 15) is 0 Å². The van der Waals surface area contributed by atoms with Gasteiger partial charge in [0.25, 0.3) is 0 Å². The molecule has 0 rings (SSSR count). The largest absolute Gasteiger partial charge is 0.412 e. The zero-order valence-corrected chi connectivity index (χ0v) is 4.76. The number of aliphatic hydroxyl groups excluding tert-OH is 1. The van der Waals surface area contributed by atoms with Crippen molar-refractivity contribution in [2.24, 2.45) is 5.73 Å². The van der Waals surface area contributed by atoms with Crippen LogP contribution in [-0.2, 0) is 4.74 Å². The molecule has 8 heavy (non-hydrogen) atoms. The van der Waals surface area contributed by atoms with Crippen LogP contribution in [0.4, 0.5) is 0 Å². The summed E-state index contributed by atoms with van der Waals surface area (Å²) in [6, 6.07) is 0. The van der Waals surface area contributed by atoms with Crippen molar-refractivity contribution in [1.82, 2.24) is 0 Å². The highest BCUT2D eigenvalue weighted by molar-refractivity contribution is 4.28. The molecule has 0 aliphatic heterocycles. The van der Waals surface area contributed by atoms with Gasteiger partial charge in [0, 0.05) is 6.54 Å². The van der Waals surface area contributed by atoms with Crippen LogP contribution in [0.5, 0.6) is 0 Å². The maximum Gasteiger partial charge on any atom is 0.0698 e. The Hall–Kier alpha value is -0.160. The normalized spacial score (nSPS) is 8.25. The molecule has 0 aromatic rings. The maximum atomic E-state index is 8.13. The van der Waals surface area contributed by atoms with Crippen LogP contribution in [0.15, 0.2) is 0 Å². The monoisotopic (exact) mass is 123 g/mol. The second-order valence-corrected chi connectivity index (χ2v) is 1.12. The third-order valence-electron chi connectivity index (χ3n) is 0.498. The molecule has 0 saturated carbocycles. The highest BCUT2D eigenvalue weighted by atomic mass is 16.5. The number of hydrogen-bond donors (Lipinski definition) is 2. The lowest BCUT2D eigenvalue weighted by Crippen LogP contribution is -2.10. The molecule has 0 aliphatic carbocycles. The summed E-state index contributed by atoms with van der Waals surface area (Å²) >= 11 is 0. The van der Waals surface area contributed by atoms with E-state index >= 15 is 0 Å². The molecule has 0 bridgehead atoms. The lowest BCUT2D eigenvalue weighted by molar-refractivity contribution is 0.0976. The van der Waals surface area contributed by atoms with Gasteiger partial charge in [0.1, 0.15) is 0 Å². The van der Waals surface area contributed by atoms with E-state index in [1.54, 1.807) is 0 Å². The molecule has 0 amide bonds. The van der Waals surface area contributed by atoms with Gasteiger partial charge in [0.15, 0.2) is 0 Å². The van der Waals surface area contributed by atoms with Crippen molar-refractivity contribution in [3.63, 3.8) is 0 Å². The first-order chi connectivity index (χ1) is 3.41. The number of ether oxygens (including phenoxy) is 1. The summed E-state index contributed by atoms with van der Waals surface area (Å²) in [6.07, 6.45) is 0. The van der Waals surface area contributed by atoms with E-state index in [1.807, 2.05) is 0 Å². The molecule has 0 saturated heterocycles. The first-order valence-electron chi connectivity index (χ1n) is 2.30. The van der Waals surface area contributed by atoms with Gasteiger partial charge in [-0.3, -0.25) is 0 Å². The van der Waals surface area contributed by atoms with Gasteiger partial charge < -0.3 is 21.1 Å². The minimum absolute atomic E-state index is 0. The van der Waals surface area contributed by atoms with Gasteiger partial charge in [0.05, 0.1) is 19.8 Å². The van der Waals surface area contributed by atoms with Crippen molar-refractivity contribution in [3.8, 4) is 0 Å². The molecule has 0 aliphatic rings. The van der Waals surface area contributed by atoms with Gasteiger partial charge in [-0.15, -0.1) is 0 Å². The summed E-state index contributed by atoms with van der Waals surface area (Å²) < 4.78 is 4.76. The van der Waals surface area contributed by atoms with Gasteiger partial charge in [-0.1, -0.05) is 0 Å². The van der Waals surface area contributed by atoms with Crippen molar-refractivity contribution in [2.75, 3.05) is 26.4 Å². The number of nitrogens with two attached hydrogens (primary N) is 1. The third kappa shape index (κ3) is 9.28. The predicted molar refractivity (Wildman–Crippen MR) is 30.6 cm³/mol. The van der Waals surface area contributed by atoms with Crippen LogP contribution in [0, 0.1) is 0 Å². The molecule has 4 nitrogen and oxygen atoms in total. The molecular weight excluding hydrogens is 110 g/mol. The number of hydrogen-bond acceptors (Lipinski definition) is 3. The summed E-state index contributed by atoms with van der Waals surface area (Å²) in [5, 5.41) is 8.13. The zero-order valence-electron chi connectivity index (χ0n) is 4.76. The Bertz CT molecular complexity index is 30.5. The summed E-state index contributed by atoms with van der Waals surface area (Å²) in [5.41, 5.74) is 5.06. The lowest BCUT2D eigenvalue weighted by atomic mass is 10.7. The van der Waals surface area contributed by atoms with Crippen LogP contribution in [0.3, 0.4) is 0 Å². The van der Waals surface area contributed by atoms with Gasteiger partial charge >= 0.3 is 0 Å². The first-order valence-corrected chi connectivity index (χ1v) is 2.30. The van der Waals surface area contributed by atoms with Crippen molar-refractivity contribution in [1.29, 1.82) is 0 Å². The highest BCUT2D eigenvalue weighted by Crippen LogP contribution is 1.66. The first kappa shape index (κ1) is 10.8. The fraction of sp³-hybridized carbons (Fsp3) is 1.00. The van der Waals surface area contributed by atoms with Crippen LogP contribution in [0.1, 0.15) is 0 Å². The molecule has 0 spiro atoms. The average Bonchev–Trinajstić information content (AvgIpc) is 1.69. The molecule has 0 atom stereocenters. The summed E-state index contributed by atoms with van der Waals surface area (Å²) in [6.45, 7) is 1.55. The SMILES string of the molecule is NCCOCCO.O. The highest BCUT2D eigenvalue weighted by Gasteiger charge is 1.78. The molecule has 0 fully saturated rings. The van der Waals surface area contributed by atoms with Crippen molar-refractivity contribution in [2.45, 2.75) is 0 Å². The van der Waals surface area contributed by atoms with Crippen molar-refractivity contribution < 1.29 is 15.3 Å². The Balaban J connectivity index is 0. The van der Waals surface area contributed by atoms with E-state index in [2.05, 4.69) is 0 Å². The molecule has 0 heterocycles. The van der Waals surface area contributed by atoms with E-state index in [-0.39, 0.29) is 12.1 Å². The molecule has 0 radical (unpaired) electrons. The second kappa shape index (κ2) is 9.96. The van der Waals surface area contributed by atoms with E-state index in [4.69, 9.17) is 15.6 Å². The third-order valence-corrected chi connectivity index (χ3v) is 0.498. The number of rotatable bonds is 4. The Kier molecular flexibility index (Phi) is 13.4.